The molecule has 3 aromatic heterocycles. The van der Waals surface area contributed by atoms with Crippen LogP contribution >= 0.6 is 0 Å². The van der Waals surface area contributed by atoms with E-state index in [0.29, 0.717) is 22.8 Å². The predicted octanol–water partition coefficient (Wildman–Crippen LogP) is 3.62. The fourth-order valence-electron chi connectivity index (χ4n) is 2.94. The monoisotopic (exact) mass is 362 g/mol. The number of pyridine rings is 1. The van der Waals surface area contributed by atoms with Gasteiger partial charge in [-0.15, -0.1) is 10.2 Å². The van der Waals surface area contributed by atoms with Gasteiger partial charge in [0.15, 0.2) is 5.65 Å². The summed E-state index contributed by atoms with van der Waals surface area (Å²) in [6.45, 7) is 5.92. The first-order valence-electron chi connectivity index (χ1n) is 8.56. The molecule has 27 heavy (non-hydrogen) atoms. The van der Waals surface area contributed by atoms with Gasteiger partial charge in [0.2, 0.25) is 12.3 Å². The Hall–Kier alpha value is -3.55. The van der Waals surface area contributed by atoms with E-state index in [0.717, 1.165) is 16.6 Å². The Morgan fingerprint density at radius 1 is 1.26 bits per heavy atom. The zero-order chi connectivity index (χ0) is 19.0. The summed E-state index contributed by atoms with van der Waals surface area (Å²) in [7, 11) is 0. The van der Waals surface area contributed by atoms with E-state index in [1.54, 1.807) is 24.4 Å². The quantitative estimate of drug-likeness (QED) is 0.595. The van der Waals surface area contributed by atoms with Gasteiger partial charge in [-0.25, -0.2) is 9.67 Å². The van der Waals surface area contributed by atoms with Crippen molar-refractivity contribution in [2.75, 3.05) is 5.32 Å². The number of nitrogens with one attached hydrogen (secondary N) is 1. The van der Waals surface area contributed by atoms with E-state index in [-0.39, 0.29) is 11.9 Å². The molecule has 0 saturated carbocycles. The summed E-state index contributed by atoms with van der Waals surface area (Å²) in [5.74, 6) is 0.169. The molecule has 0 saturated heterocycles. The fourth-order valence-corrected chi connectivity index (χ4v) is 2.94. The number of carbonyl (C=O) groups excluding carboxylic acids is 1. The largest absolute Gasteiger partial charge is 0.423 e. The first-order chi connectivity index (χ1) is 13.0. The molecule has 136 valence electrons. The molecule has 0 aliphatic rings. The van der Waals surface area contributed by atoms with Gasteiger partial charge in [-0.3, -0.25) is 4.79 Å². The minimum absolute atomic E-state index is 0.152. The number of aromatic nitrogens is 5. The van der Waals surface area contributed by atoms with Crippen molar-refractivity contribution < 1.29 is 9.21 Å². The van der Waals surface area contributed by atoms with E-state index < -0.39 is 0 Å². The molecular formula is C19H18N6O2. The van der Waals surface area contributed by atoms with Gasteiger partial charge in [0.1, 0.15) is 0 Å². The summed E-state index contributed by atoms with van der Waals surface area (Å²) >= 11 is 0. The van der Waals surface area contributed by atoms with Crippen molar-refractivity contribution in [1.29, 1.82) is 0 Å². The molecule has 3 heterocycles. The second-order valence-corrected chi connectivity index (χ2v) is 6.51. The third-order valence-corrected chi connectivity index (χ3v) is 4.16. The van der Waals surface area contributed by atoms with E-state index in [1.807, 2.05) is 37.6 Å². The van der Waals surface area contributed by atoms with E-state index >= 15 is 0 Å². The summed E-state index contributed by atoms with van der Waals surface area (Å²) < 4.78 is 7.02. The highest BCUT2D eigenvalue weighted by molar-refractivity contribution is 6.12. The average Bonchev–Trinajstić information content (AvgIpc) is 3.31. The highest BCUT2D eigenvalue weighted by Crippen LogP contribution is 2.24. The van der Waals surface area contributed by atoms with E-state index in [1.165, 1.54) is 6.39 Å². The fraction of sp³-hybridized carbons (Fsp3) is 0.211. The van der Waals surface area contributed by atoms with Crippen LogP contribution in [0.15, 0.2) is 47.3 Å². The maximum atomic E-state index is 12.9. The summed E-state index contributed by atoms with van der Waals surface area (Å²) in [5.41, 5.74) is 3.36. The first-order valence-corrected chi connectivity index (χ1v) is 8.56. The van der Waals surface area contributed by atoms with Crippen LogP contribution in [0.3, 0.4) is 0 Å². The van der Waals surface area contributed by atoms with Crippen molar-refractivity contribution in [1.82, 2.24) is 25.0 Å². The summed E-state index contributed by atoms with van der Waals surface area (Å²) in [6, 6.07) is 9.17. The van der Waals surface area contributed by atoms with Crippen molar-refractivity contribution >= 4 is 22.6 Å². The Labute approximate surface area is 155 Å². The molecule has 0 atom stereocenters. The van der Waals surface area contributed by atoms with Gasteiger partial charge >= 0.3 is 0 Å². The minimum Gasteiger partial charge on any atom is -0.423 e. The van der Waals surface area contributed by atoms with E-state index in [2.05, 4.69) is 25.6 Å². The Balaban J connectivity index is 1.69. The number of fused-ring (bicyclic) bond motifs is 1. The van der Waals surface area contributed by atoms with Gasteiger partial charge in [-0.2, -0.15) is 5.10 Å². The van der Waals surface area contributed by atoms with Crippen LogP contribution < -0.4 is 5.32 Å². The molecule has 1 amide bonds. The SMILES string of the molecule is Cc1cc(C(=O)Nc2cccc(-c3nnco3)c2)c2cnn(C(C)C)c2n1. The second kappa shape index (κ2) is 6.64. The lowest BCUT2D eigenvalue weighted by atomic mass is 10.1. The molecule has 1 aromatic carbocycles. The zero-order valence-corrected chi connectivity index (χ0v) is 15.2. The third kappa shape index (κ3) is 3.17. The lowest BCUT2D eigenvalue weighted by Crippen LogP contribution is -2.13. The van der Waals surface area contributed by atoms with Crippen LogP contribution in [0.5, 0.6) is 0 Å². The van der Waals surface area contributed by atoms with Crippen LogP contribution in [0.2, 0.25) is 0 Å². The molecule has 8 heteroatoms. The molecule has 0 spiro atoms. The van der Waals surface area contributed by atoms with Crippen LogP contribution in [-0.2, 0) is 0 Å². The Morgan fingerprint density at radius 3 is 2.85 bits per heavy atom. The van der Waals surface area contributed by atoms with Crippen molar-refractivity contribution in [2.45, 2.75) is 26.8 Å². The molecule has 8 nitrogen and oxygen atoms in total. The van der Waals surface area contributed by atoms with Gasteiger partial charge in [0, 0.05) is 23.0 Å². The topological polar surface area (TPSA) is 98.7 Å². The lowest BCUT2D eigenvalue weighted by Gasteiger charge is -2.10. The molecule has 0 radical (unpaired) electrons. The molecule has 0 bridgehead atoms. The highest BCUT2D eigenvalue weighted by atomic mass is 16.4. The molecule has 1 N–H and O–H groups in total. The molecule has 0 fully saturated rings. The zero-order valence-electron chi connectivity index (χ0n) is 15.2. The maximum absolute atomic E-state index is 12.9. The summed E-state index contributed by atoms with van der Waals surface area (Å²) in [6.07, 6.45) is 2.95. The number of nitrogens with zero attached hydrogens (tertiary/aromatic N) is 5. The number of benzene rings is 1. The van der Waals surface area contributed by atoms with Crippen LogP contribution in [0.25, 0.3) is 22.5 Å². The molecule has 0 aliphatic carbocycles. The lowest BCUT2D eigenvalue weighted by molar-refractivity contribution is 0.102. The van der Waals surface area contributed by atoms with Gasteiger partial charge in [-0.05, 0) is 45.0 Å². The van der Waals surface area contributed by atoms with Crippen molar-refractivity contribution in [3.63, 3.8) is 0 Å². The van der Waals surface area contributed by atoms with Crippen LogP contribution in [-0.4, -0.2) is 30.9 Å². The average molecular weight is 362 g/mol. The number of amides is 1. The predicted molar refractivity (Wildman–Crippen MR) is 100 cm³/mol. The van der Waals surface area contributed by atoms with Crippen LogP contribution in [0, 0.1) is 6.92 Å². The Kier molecular flexibility index (Phi) is 4.15. The second-order valence-electron chi connectivity index (χ2n) is 6.51. The van der Waals surface area contributed by atoms with Crippen molar-refractivity contribution in [3.05, 3.63) is 54.2 Å². The van der Waals surface area contributed by atoms with Crippen LogP contribution in [0.1, 0.15) is 35.9 Å². The third-order valence-electron chi connectivity index (χ3n) is 4.16. The van der Waals surface area contributed by atoms with Gasteiger partial charge in [-0.1, -0.05) is 6.07 Å². The minimum atomic E-state index is -0.225. The smallest absolute Gasteiger partial charge is 0.256 e. The van der Waals surface area contributed by atoms with E-state index in [4.69, 9.17) is 4.42 Å². The van der Waals surface area contributed by atoms with Gasteiger partial charge < -0.3 is 9.73 Å². The molecular weight excluding hydrogens is 344 g/mol. The van der Waals surface area contributed by atoms with Crippen molar-refractivity contribution in [2.24, 2.45) is 0 Å². The number of aryl methyl sites for hydroxylation is 1. The number of hydrogen-bond acceptors (Lipinski definition) is 6. The summed E-state index contributed by atoms with van der Waals surface area (Å²) in [5, 5.41) is 15.6. The number of hydrogen-bond donors (Lipinski definition) is 1. The molecule has 4 rings (SSSR count). The first kappa shape index (κ1) is 16.9. The Morgan fingerprint density at radius 2 is 2.11 bits per heavy atom. The number of rotatable bonds is 4. The summed E-state index contributed by atoms with van der Waals surface area (Å²) in [4.78, 5) is 17.5. The van der Waals surface area contributed by atoms with Gasteiger partial charge in [0.05, 0.1) is 17.1 Å². The molecule has 4 aromatic rings. The number of carbonyl (C=O) groups is 1. The molecule has 0 unspecified atom stereocenters. The standard InChI is InChI=1S/C19H18N6O2/c1-11(2)25-17-16(9-21-25)15(7-12(3)22-17)18(26)23-14-6-4-5-13(8-14)19-24-20-10-27-19/h4-11H,1-3H3,(H,23,26). The van der Waals surface area contributed by atoms with Crippen molar-refractivity contribution in [3.8, 4) is 11.5 Å². The highest BCUT2D eigenvalue weighted by Gasteiger charge is 2.17. The number of anilines is 1. The Bertz CT molecular complexity index is 1110. The van der Waals surface area contributed by atoms with Gasteiger partial charge in [0.25, 0.3) is 5.91 Å². The van der Waals surface area contributed by atoms with E-state index in [9.17, 15) is 4.79 Å². The van der Waals surface area contributed by atoms with Crippen LogP contribution in [0.4, 0.5) is 5.69 Å². The molecule has 0 aliphatic heterocycles. The normalized spacial score (nSPS) is 11.3. The maximum Gasteiger partial charge on any atom is 0.256 e.